The minimum atomic E-state index is -4.50. The van der Waals surface area contributed by atoms with Gasteiger partial charge in [-0.05, 0) is 42.0 Å². The van der Waals surface area contributed by atoms with Crippen LogP contribution in [0.15, 0.2) is 54.6 Å². The Kier molecular flexibility index (Phi) is 9.21. The molecule has 2 fully saturated rings. The SMILES string of the molecule is CC(C)(C)CN(CC1(c2cccc(C(F)(F)F)c2)CCN(C(=O)CN2CCN(c3ccccc3)CC2)CC1)C(=O)O. The zero-order valence-electron chi connectivity index (χ0n) is 24.2. The van der Waals surface area contributed by atoms with E-state index in [-0.39, 0.29) is 24.4 Å². The first-order valence-electron chi connectivity index (χ1n) is 14.2. The normalized spacial score (nSPS) is 18.3. The first-order chi connectivity index (χ1) is 19.3. The van der Waals surface area contributed by atoms with Crippen LogP contribution in [-0.2, 0) is 16.4 Å². The topological polar surface area (TPSA) is 67.3 Å². The molecular formula is C31H41F3N4O3. The van der Waals surface area contributed by atoms with Crippen molar-refractivity contribution in [2.45, 2.75) is 45.2 Å². The predicted molar refractivity (Wildman–Crippen MR) is 153 cm³/mol. The Hall–Kier alpha value is -3.27. The van der Waals surface area contributed by atoms with Gasteiger partial charge in [-0.15, -0.1) is 0 Å². The highest BCUT2D eigenvalue weighted by Gasteiger charge is 2.42. The molecule has 2 aliphatic heterocycles. The molecule has 4 rings (SSSR count). The van der Waals surface area contributed by atoms with Gasteiger partial charge in [-0.1, -0.05) is 57.2 Å². The Balaban J connectivity index is 1.45. The Bertz CT molecular complexity index is 1180. The van der Waals surface area contributed by atoms with Crippen LogP contribution in [0.1, 0.15) is 44.7 Å². The predicted octanol–water partition coefficient (Wildman–Crippen LogP) is 5.41. The van der Waals surface area contributed by atoms with E-state index in [1.807, 2.05) is 39.0 Å². The third-order valence-electron chi connectivity index (χ3n) is 8.16. The summed E-state index contributed by atoms with van der Waals surface area (Å²) in [4.78, 5) is 33.1. The zero-order chi connectivity index (χ0) is 29.8. The van der Waals surface area contributed by atoms with Crippen molar-refractivity contribution in [2.75, 3.05) is 63.8 Å². The van der Waals surface area contributed by atoms with E-state index in [9.17, 15) is 27.9 Å². The van der Waals surface area contributed by atoms with E-state index in [2.05, 4.69) is 21.9 Å². The van der Waals surface area contributed by atoms with E-state index in [1.54, 1.807) is 11.0 Å². The second-order valence-corrected chi connectivity index (χ2v) is 12.5. The number of halogens is 3. The summed E-state index contributed by atoms with van der Waals surface area (Å²) in [6.45, 7) is 10.3. The second kappa shape index (κ2) is 12.3. The molecule has 2 aromatic rings. The van der Waals surface area contributed by atoms with Gasteiger partial charge in [0.25, 0.3) is 0 Å². The molecule has 0 saturated carbocycles. The van der Waals surface area contributed by atoms with Crippen LogP contribution >= 0.6 is 0 Å². The Morgan fingerprint density at radius 1 is 0.902 bits per heavy atom. The van der Waals surface area contributed by atoms with Crippen molar-refractivity contribution in [3.63, 3.8) is 0 Å². The average molecular weight is 575 g/mol. The number of carbonyl (C=O) groups excluding carboxylic acids is 1. The number of amides is 2. The summed E-state index contributed by atoms with van der Waals surface area (Å²) >= 11 is 0. The maximum atomic E-state index is 13.6. The second-order valence-electron chi connectivity index (χ2n) is 12.5. The first-order valence-corrected chi connectivity index (χ1v) is 14.2. The number of rotatable bonds is 7. The van der Waals surface area contributed by atoms with Gasteiger partial charge in [0.05, 0.1) is 12.1 Å². The lowest BCUT2D eigenvalue weighted by molar-refractivity contribution is -0.137. The number of anilines is 1. The molecule has 2 heterocycles. The van der Waals surface area contributed by atoms with Crippen molar-refractivity contribution >= 4 is 17.7 Å². The Morgan fingerprint density at radius 3 is 2.10 bits per heavy atom. The van der Waals surface area contributed by atoms with Crippen LogP contribution in [0.2, 0.25) is 0 Å². The Labute approximate surface area is 240 Å². The molecule has 0 aliphatic carbocycles. The van der Waals surface area contributed by atoms with E-state index in [0.717, 1.165) is 38.3 Å². The summed E-state index contributed by atoms with van der Waals surface area (Å²) in [6, 6.07) is 15.4. The third-order valence-corrected chi connectivity index (χ3v) is 8.16. The van der Waals surface area contributed by atoms with E-state index >= 15 is 0 Å². The van der Waals surface area contributed by atoms with Crippen LogP contribution in [0.3, 0.4) is 0 Å². The van der Waals surface area contributed by atoms with Crippen molar-refractivity contribution in [3.8, 4) is 0 Å². The fraction of sp³-hybridized carbons (Fsp3) is 0.548. The van der Waals surface area contributed by atoms with Crippen LogP contribution in [0.4, 0.5) is 23.7 Å². The highest BCUT2D eigenvalue weighted by molar-refractivity contribution is 5.78. The molecule has 0 spiro atoms. The van der Waals surface area contributed by atoms with Gasteiger partial charge in [0, 0.05) is 63.5 Å². The summed E-state index contributed by atoms with van der Waals surface area (Å²) < 4.78 is 40.9. The molecule has 7 nitrogen and oxygen atoms in total. The number of carboxylic acid groups (broad SMARTS) is 1. The maximum absolute atomic E-state index is 13.6. The minimum Gasteiger partial charge on any atom is -0.465 e. The zero-order valence-corrected chi connectivity index (χ0v) is 24.2. The molecular weight excluding hydrogens is 533 g/mol. The van der Waals surface area contributed by atoms with Gasteiger partial charge in [0.15, 0.2) is 0 Å². The van der Waals surface area contributed by atoms with Crippen molar-refractivity contribution in [1.29, 1.82) is 0 Å². The van der Waals surface area contributed by atoms with Crippen LogP contribution in [0, 0.1) is 5.41 Å². The highest BCUT2D eigenvalue weighted by Crippen LogP contribution is 2.40. The number of para-hydroxylation sites is 1. The summed E-state index contributed by atoms with van der Waals surface area (Å²) in [5, 5.41) is 10.00. The number of hydrogen-bond acceptors (Lipinski definition) is 4. The molecule has 224 valence electrons. The molecule has 0 aromatic heterocycles. The summed E-state index contributed by atoms with van der Waals surface area (Å²) in [5.74, 6) is 0.000542. The number of nitrogens with zero attached hydrogens (tertiary/aromatic N) is 4. The van der Waals surface area contributed by atoms with Crippen LogP contribution in [0.5, 0.6) is 0 Å². The molecule has 0 unspecified atom stereocenters. The van der Waals surface area contributed by atoms with Crippen molar-refractivity contribution in [2.24, 2.45) is 5.41 Å². The molecule has 2 saturated heterocycles. The molecule has 41 heavy (non-hydrogen) atoms. The van der Waals surface area contributed by atoms with E-state index in [0.29, 0.717) is 38.0 Å². The molecule has 1 N–H and O–H groups in total. The third kappa shape index (κ3) is 7.93. The number of hydrogen-bond donors (Lipinski definition) is 1. The van der Waals surface area contributed by atoms with Gasteiger partial charge in [0.1, 0.15) is 0 Å². The van der Waals surface area contributed by atoms with Crippen LogP contribution in [-0.4, -0.2) is 90.7 Å². The molecule has 10 heteroatoms. The number of likely N-dealkylation sites (tertiary alicyclic amines) is 1. The highest BCUT2D eigenvalue weighted by atomic mass is 19.4. The molecule has 2 aromatic carbocycles. The van der Waals surface area contributed by atoms with E-state index in [1.165, 1.54) is 16.7 Å². The fourth-order valence-corrected chi connectivity index (χ4v) is 5.97. The van der Waals surface area contributed by atoms with Gasteiger partial charge in [-0.25, -0.2) is 4.79 Å². The monoisotopic (exact) mass is 574 g/mol. The smallest absolute Gasteiger partial charge is 0.416 e. The molecule has 0 bridgehead atoms. The molecule has 0 atom stereocenters. The van der Waals surface area contributed by atoms with Gasteiger partial charge < -0.3 is 19.8 Å². The first kappa shape index (κ1) is 30.7. The lowest BCUT2D eigenvalue weighted by Gasteiger charge is -2.45. The van der Waals surface area contributed by atoms with Gasteiger partial charge in [0.2, 0.25) is 5.91 Å². The van der Waals surface area contributed by atoms with E-state index in [4.69, 9.17) is 0 Å². The van der Waals surface area contributed by atoms with Crippen molar-refractivity contribution in [3.05, 3.63) is 65.7 Å². The fourth-order valence-electron chi connectivity index (χ4n) is 5.97. The van der Waals surface area contributed by atoms with Crippen molar-refractivity contribution in [1.82, 2.24) is 14.7 Å². The van der Waals surface area contributed by atoms with Gasteiger partial charge >= 0.3 is 12.3 Å². The van der Waals surface area contributed by atoms with E-state index < -0.39 is 23.2 Å². The Morgan fingerprint density at radius 2 is 1.54 bits per heavy atom. The summed E-state index contributed by atoms with van der Waals surface area (Å²) in [5.41, 5.74) is -0.267. The quantitative estimate of drug-likeness (QED) is 0.479. The van der Waals surface area contributed by atoms with Gasteiger partial charge in [-0.2, -0.15) is 13.2 Å². The molecule has 0 radical (unpaired) electrons. The number of alkyl halides is 3. The van der Waals surface area contributed by atoms with Gasteiger partial charge in [-0.3, -0.25) is 9.69 Å². The minimum absolute atomic E-state index is 0.000542. The lowest BCUT2D eigenvalue weighted by atomic mass is 9.71. The van der Waals surface area contributed by atoms with Crippen molar-refractivity contribution < 1.29 is 27.9 Å². The number of piperidine rings is 1. The molecule has 2 aliphatic rings. The van der Waals surface area contributed by atoms with Crippen LogP contribution in [0.25, 0.3) is 0 Å². The molecule has 2 amide bonds. The standard InChI is InChI=1S/C31H41F3N4O3/c1-29(2,3)22-38(28(40)41)23-30(24-8-7-9-25(20-24)31(32,33)34)12-14-37(15-13-30)27(39)21-35-16-18-36(19-17-35)26-10-5-4-6-11-26/h4-11,20H,12-19,21-23H2,1-3H3,(H,40,41). The largest absolute Gasteiger partial charge is 0.465 e. The maximum Gasteiger partial charge on any atom is 0.416 e. The average Bonchev–Trinajstić information content (AvgIpc) is 2.93. The number of benzene rings is 2. The number of piperazine rings is 1. The summed E-state index contributed by atoms with van der Waals surface area (Å²) in [6.07, 6.45) is -4.83. The van der Waals surface area contributed by atoms with Crippen LogP contribution < -0.4 is 4.90 Å². The lowest BCUT2D eigenvalue weighted by Crippen LogP contribution is -2.54. The number of carbonyl (C=O) groups is 2. The summed E-state index contributed by atoms with van der Waals surface area (Å²) in [7, 11) is 0.